The molecule has 0 radical (unpaired) electrons. The van der Waals surface area contributed by atoms with Crippen LogP contribution in [0.3, 0.4) is 0 Å². The van der Waals surface area contributed by atoms with Gasteiger partial charge in [0.2, 0.25) is 0 Å². The van der Waals surface area contributed by atoms with E-state index in [1.165, 1.54) is 18.3 Å². The Morgan fingerprint density at radius 3 is 3.00 bits per heavy atom. The highest BCUT2D eigenvalue weighted by molar-refractivity contribution is 6.33. The van der Waals surface area contributed by atoms with Crippen LogP contribution in [0.1, 0.15) is 28.8 Å². The van der Waals surface area contributed by atoms with Crippen LogP contribution in [0.25, 0.3) is 0 Å². The first-order valence-corrected chi connectivity index (χ1v) is 7.89. The fraction of sp³-hybridized carbons (Fsp3) is 0.294. The summed E-state index contributed by atoms with van der Waals surface area (Å²) in [6.07, 6.45) is 3.92. The Hall–Kier alpha value is -2.14. The SMILES string of the molecule is Nc1ncc(C(=O)N2CCC[C@@H]2Cc2cccc(F)c2)cc1Cl. The van der Waals surface area contributed by atoms with Gasteiger partial charge in [0.05, 0.1) is 10.6 Å². The maximum absolute atomic E-state index is 13.3. The summed E-state index contributed by atoms with van der Waals surface area (Å²) in [7, 11) is 0. The van der Waals surface area contributed by atoms with E-state index in [9.17, 15) is 9.18 Å². The third kappa shape index (κ3) is 3.45. The molecule has 6 heteroatoms. The molecule has 1 saturated heterocycles. The summed E-state index contributed by atoms with van der Waals surface area (Å²) in [5.74, 6) is -0.160. The Morgan fingerprint density at radius 2 is 2.26 bits per heavy atom. The molecule has 1 atom stereocenters. The van der Waals surface area contributed by atoms with Crippen molar-refractivity contribution in [3.63, 3.8) is 0 Å². The Balaban J connectivity index is 1.78. The lowest BCUT2D eigenvalue weighted by Gasteiger charge is -2.25. The zero-order chi connectivity index (χ0) is 16.4. The number of carbonyl (C=O) groups excluding carboxylic acids is 1. The Kier molecular flexibility index (Phi) is 4.48. The first-order valence-electron chi connectivity index (χ1n) is 7.51. The van der Waals surface area contributed by atoms with Gasteiger partial charge >= 0.3 is 0 Å². The fourth-order valence-electron chi connectivity index (χ4n) is 2.98. The van der Waals surface area contributed by atoms with Gasteiger partial charge in [-0.05, 0) is 43.0 Å². The molecule has 2 heterocycles. The van der Waals surface area contributed by atoms with Crippen LogP contribution >= 0.6 is 11.6 Å². The first-order chi connectivity index (χ1) is 11.0. The Labute approximate surface area is 139 Å². The molecular formula is C17H17ClFN3O. The lowest BCUT2D eigenvalue weighted by atomic mass is 10.0. The number of likely N-dealkylation sites (tertiary alicyclic amines) is 1. The topological polar surface area (TPSA) is 59.2 Å². The van der Waals surface area contributed by atoms with Gasteiger partial charge < -0.3 is 10.6 Å². The predicted octanol–water partition coefficient (Wildman–Crippen LogP) is 3.30. The van der Waals surface area contributed by atoms with Gasteiger partial charge in [-0.2, -0.15) is 0 Å². The van der Waals surface area contributed by atoms with Gasteiger partial charge in [0.25, 0.3) is 5.91 Å². The maximum atomic E-state index is 13.3. The molecule has 1 amide bonds. The van der Waals surface area contributed by atoms with Gasteiger partial charge in [0.15, 0.2) is 0 Å². The van der Waals surface area contributed by atoms with Crippen molar-refractivity contribution in [2.45, 2.75) is 25.3 Å². The smallest absolute Gasteiger partial charge is 0.255 e. The summed E-state index contributed by atoms with van der Waals surface area (Å²) in [6, 6.07) is 8.11. The van der Waals surface area contributed by atoms with E-state index < -0.39 is 0 Å². The molecule has 0 aliphatic carbocycles. The number of halogens is 2. The number of hydrogen-bond acceptors (Lipinski definition) is 3. The van der Waals surface area contributed by atoms with Crippen molar-refractivity contribution in [2.75, 3.05) is 12.3 Å². The van der Waals surface area contributed by atoms with Gasteiger partial charge in [-0.1, -0.05) is 23.7 Å². The van der Waals surface area contributed by atoms with Crippen molar-refractivity contribution in [2.24, 2.45) is 0 Å². The average Bonchev–Trinajstić information content (AvgIpc) is 2.97. The Morgan fingerprint density at radius 1 is 1.43 bits per heavy atom. The molecule has 23 heavy (non-hydrogen) atoms. The molecule has 0 saturated carbocycles. The minimum Gasteiger partial charge on any atom is -0.382 e. The quantitative estimate of drug-likeness (QED) is 0.937. The largest absolute Gasteiger partial charge is 0.382 e. The third-order valence-electron chi connectivity index (χ3n) is 4.11. The highest BCUT2D eigenvalue weighted by Gasteiger charge is 2.29. The van der Waals surface area contributed by atoms with Crippen LogP contribution in [-0.4, -0.2) is 28.4 Å². The van der Waals surface area contributed by atoms with Gasteiger partial charge in [-0.3, -0.25) is 4.79 Å². The minimum atomic E-state index is -0.257. The van der Waals surface area contributed by atoms with Gasteiger partial charge in [0.1, 0.15) is 11.6 Å². The van der Waals surface area contributed by atoms with E-state index >= 15 is 0 Å². The standard InChI is InChI=1S/C17H17ClFN3O/c18-15-9-12(10-21-16(15)20)17(23)22-6-2-5-14(22)8-11-3-1-4-13(19)7-11/h1,3-4,7,9-10,14H,2,5-6,8H2,(H2,20,21)/t14-/m1/s1. The van der Waals surface area contributed by atoms with Crippen LogP contribution in [0.5, 0.6) is 0 Å². The molecule has 4 nitrogen and oxygen atoms in total. The van der Waals surface area contributed by atoms with Crippen molar-refractivity contribution in [1.82, 2.24) is 9.88 Å². The second-order valence-corrected chi connectivity index (χ2v) is 6.13. The number of anilines is 1. The van der Waals surface area contributed by atoms with E-state index in [4.69, 9.17) is 17.3 Å². The minimum absolute atomic E-state index is 0.0561. The zero-order valence-electron chi connectivity index (χ0n) is 12.5. The molecule has 1 aliphatic heterocycles. The molecule has 1 fully saturated rings. The number of pyridine rings is 1. The molecule has 3 rings (SSSR count). The normalized spacial score (nSPS) is 17.5. The second-order valence-electron chi connectivity index (χ2n) is 5.72. The summed E-state index contributed by atoms with van der Waals surface area (Å²) in [5, 5.41) is 0.275. The van der Waals surface area contributed by atoms with Crippen LogP contribution in [0.4, 0.5) is 10.2 Å². The number of nitrogens with zero attached hydrogens (tertiary/aromatic N) is 2. The highest BCUT2D eigenvalue weighted by Crippen LogP contribution is 2.25. The lowest BCUT2D eigenvalue weighted by Crippen LogP contribution is -2.36. The average molecular weight is 334 g/mol. The number of benzene rings is 1. The number of nitrogen functional groups attached to an aromatic ring is 1. The van der Waals surface area contributed by atoms with E-state index in [-0.39, 0.29) is 28.6 Å². The van der Waals surface area contributed by atoms with E-state index in [2.05, 4.69) is 4.98 Å². The maximum Gasteiger partial charge on any atom is 0.255 e. The molecule has 1 aromatic carbocycles. The predicted molar refractivity (Wildman–Crippen MR) is 87.8 cm³/mol. The number of carbonyl (C=O) groups is 1. The monoisotopic (exact) mass is 333 g/mol. The fourth-order valence-corrected chi connectivity index (χ4v) is 3.15. The Bertz CT molecular complexity index is 738. The molecule has 2 aromatic rings. The molecule has 0 unspecified atom stereocenters. The molecular weight excluding hydrogens is 317 g/mol. The van der Waals surface area contributed by atoms with Crippen LogP contribution in [0, 0.1) is 5.82 Å². The third-order valence-corrected chi connectivity index (χ3v) is 4.42. The van der Waals surface area contributed by atoms with Gasteiger partial charge in [-0.15, -0.1) is 0 Å². The summed E-state index contributed by atoms with van der Waals surface area (Å²) in [6.45, 7) is 0.681. The van der Waals surface area contributed by atoms with Crippen LogP contribution < -0.4 is 5.73 Å². The van der Waals surface area contributed by atoms with Crippen molar-refractivity contribution in [3.05, 3.63) is 58.5 Å². The molecule has 1 aliphatic rings. The number of rotatable bonds is 3. The summed E-state index contributed by atoms with van der Waals surface area (Å²) in [5.41, 5.74) is 6.90. The molecule has 1 aromatic heterocycles. The van der Waals surface area contributed by atoms with E-state index in [1.54, 1.807) is 12.1 Å². The van der Waals surface area contributed by atoms with E-state index in [1.807, 2.05) is 11.0 Å². The van der Waals surface area contributed by atoms with Crippen LogP contribution in [0.2, 0.25) is 5.02 Å². The highest BCUT2D eigenvalue weighted by atomic mass is 35.5. The van der Waals surface area contributed by atoms with E-state index in [0.29, 0.717) is 18.5 Å². The van der Waals surface area contributed by atoms with Crippen molar-refractivity contribution >= 4 is 23.3 Å². The van der Waals surface area contributed by atoms with E-state index in [0.717, 1.165) is 18.4 Å². The number of amides is 1. The summed E-state index contributed by atoms with van der Waals surface area (Å²) < 4.78 is 13.3. The summed E-state index contributed by atoms with van der Waals surface area (Å²) in [4.78, 5) is 18.4. The van der Waals surface area contributed by atoms with Crippen LogP contribution in [0.15, 0.2) is 36.5 Å². The number of hydrogen-bond donors (Lipinski definition) is 1. The molecule has 0 bridgehead atoms. The zero-order valence-corrected chi connectivity index (χ0v) is 13.3. The van der Waals surface area contributed by atoms with Crippen molar-refractivity contribution in [1.29, 1.82) is 0 Å². The second kappa shape index (κ2) is 6.54. The number of aromatic nitrogens is 1. The first kappa shape index (κ1) is 15.7. The van der Waals surface area contributed by atoms with Crippen LogP contribution in [-0.2, 0) is 6.42 Å². The number of nitrogens with two attached hydrogens (primary N) is 1. The molecule has 120 valence electrons. The molecule has 0 spiro atoms. The lowest BCUT2D eigenvalue weighted by molar-refractivity contribution is 0.0736. The van der Waals surface area contributed by atoms with Gasteiger partial charge in [-0.25, -0.2) is 9.37 Å². The summed E-state index contributed by atoms with van der Waals surface area (Å²) >= 11 is 5.95. The van der Waals surface area contributed by atoms with Gasteiger partial charge in [0, 0.05) is 18.8 Å². The van der Waals surface area contributed by atoms with Crippen molar-refractivity contribution in [3.8, 4) is 0 Å². The van der Waals surface area contributed by atoms with Crippen molar-refractivity contribution < 1.29 is 9.18 Å². The molecule has 2 N–H and O–H groups in total.